The first-order chi connectivity index (χ1) is 9.09. The predicted octanol–water partition coefficient (Wildman–Crippen LogP) is 1.63. The van der Waals surface area contributed by atoms with E-state index in [0.717, 1.165) is 17.9 Å². The average molecular weight is 264 g/mol. The highest BCUT2D eigenvalue weighted by Gasteiger charge is 2.19. The molecule has 0 aliphatic heterocycles. The van der Waals surface area contributed by atoms with E-state index < -0.39 is 0 Å². The molecular weight excluding hydrogens is 240 g/mol. The fourth-order valence-electron chi connectivity index (χ4n) is 2.85. The molecule has 2 rings (SSSR count). The monoisotopic (exact) mass is 264 g/mol. The summed E-state index contributed by atoms with van der Waals surface area (Å²) in [7, 11) is 2.15. The second-order valence-corrected chi connectivity index (χ2v) is 5.48. The second-order valence-electron chi connectivity index (χ2n) is 5.48. The van der Waals surface area contributed by atoms with Gasteiger partial charge >= 0.3 is 0 Å². The van der Waals surface area contributed by atoms with Crippen LogP contribution in [0.5, 0.6) is 0 Å². The molecule has 1 aromatic rings. The van der Waals surface area contributed by atoms with E-state index in [9.17, 15) is 4.79 Å². The van der Waals surface area contributed by atoms with Crippen LogP contribution in [0.4, 0.5) is 0 Å². The number of carbonyl (C=O) groups is 1. The molecule has 1 fully saturated rings. The van der Waals surface area contributed by atoms with Gasteiger partial charge in [0.05, 0.1) is 11.3 Å². The molecule has 0 aromatic carbocycles. The molecule has 0 bridgehead atoms. The molecular formula is C14H24N4O. The van der Waals surface area contributed by atoms with Gasteiger partial charge in [0.15, 0.2) is 0 Å². The summed E-state index contributed by atoms with van der Waals surface area (Å²) in [5, 5.41) is 9.87. The van der Waals surface area contributed by atoms with Gasteiger partial charge in [-0.05, 0) is 33.7 Å². The zero-order valence-corrected chi connectivity index (χ0v) is 12.1. The number of nitrogens with zero attached hydrogens (tertiary/aromatic N) is 2. The topological polar surface area (TPSA) is 61.0 Å². The van der Waals surface area contributed by atoms with Crippen LogP contribution in [-0.4, -0.2) is 47.2 Å². The number of hydrogen-bond donors (Lipinski definition) is 2. The van der Waals surface area contributed by atoms with Crippen LogP contribution < -0.4 is 5.32 Å². The highest BCUT2D eigenvalue weighted by atomic mass is 16.1. The van der Waals surface area contributed by atoms with Crippen LogP contribution in [0.2, 0.25) is 0 Å². The minimum absolute atomic E-state index is 0.0245. The van der Waals surface area contributed by atoms with E-state index in [1.807, 2.05) is 13.8 Å². The zero-order valence-electron chi connectivity index (χ0n) is 12.1. The standard InChI is InChI=1S/C14H24N4O/c1-10-13(11(2)17-16-10)14(19)15-8-9-18(3)12-6-4-5-7-12/h12H,4-9H2,1-3H3,(H,15,19)(H,16,17). The van der Waals surface area contributed by atoms with Gasteiger partial charge in [0.2, 0.25) is 0 Å². The Labute approximate surface area is 114 Å². The Balaban J connectivity index is 1.78. The number of nitrogens with one attached hydrogen (secondary N) is 2. The van der Waals surface area contributed by atoms with Gasteiger partial charge in [-0.1, -0.05) is 12.8 Å². The average Bonchev–Trinajstić information content (AvgIpc) is 2.99. The highest BCUT2D eigenvalue weighted by Crippen LogP contribution is 2.21. The lowest BCUT2D eigenvalue weighted by Crippen LogP contribution is -2.37. The SMILES string of the molecule is Cc1n[nH]c(C)c1C(=O)NCCN(C)C1CCCC1. The number of aryl methyl sites for hydroxylation is 2. The largest absolute Gasteiger partial charge is 0.351 e. The van der Waals surface area contributed by atoms with E-state index in [-0.39, 0.29) is 5.91 Å². The van der Waals surface area contributed by atoms with Gasteiger partial charge in [0.1, 0.15) is 0 Å². The van der Waals surface area contributed by atoms with Crippen LogP contribution in [0, 0.1) is 13.8 Å². The molecule has 2 N–H and O–H groups in total. The maximum atomic E-state index is 12.1. The van der Waals surface area contributed by atoms with E-state index in [2.05, 4.69) is 27.5 Å². The third-order valence-electron chi connectivity index (χ3n) is 4.05. The summed E-state index contributed by atoms with van der Waals surface area (Å²) in [5.74, 6) is -0.0245. The van der Waals surface area contributed by atoms with Gasteiger partial charge in [-0.25, -0.2) is 0 Å². The molecule has 0 unspecified atom stereocenters. The summed E-state index contributed by atoms with van der Waals surface area (Å²) in [6.45, 7) is 5.32. The Hall–Kier alpha value is -1.36. The lowest BCUT2D eigenvalue weighted by Gasteiger charge is -2.23. The van der Waals surface area contributed by atoms with Gasteiger partial charge in [-0.2, -0.15) is 5.10 Å². The Morgan fingerprint density at radius 2 is 2.11 bits per heavy atom. The number of carbonyl (C=O) groups excluding carboxylic acids is 1. The molecule has 1 aliphatic carbocycles. The maximum Gasteiger partial charge on any atom is 0.255 e. The molecule has 1 aromatic heterocycles. The van der Waals surface area contributed by atoms with Crippen LogP contribution in [0.15, 0.2) is 0 Å². The van der Waals surface area contributed by atoms with Crippen molar-refractivity contribution in [2.45, 2.75) is 45.6 Å². The first-order valence-electron chi connectivity index (χ1n) is 7.09. The normalized spacial score (nSPS) is 16.2. The minimum Gasteiger partial charge on any atom is -0.351 e. The van der Waals surface area contributed by atoms with Crippen molar-refractivity contribution in [2.75, 3.05) is 20.1 Å². The van der Waals surface area contributed by atoms with Crippen LogP contribution in [0.3, 0.4) is 0 Å². The predicted molar refractivity (Wildman–Crippen MR) is 75.3 cm³/mol. The number of amides is 1. The van der Waals surface area contributed by atoms with Crippen molar-refractivity contribution in [1.82, 2.24) is 20.4 Å². The first-order valence-corrected chi connectivity index (χ1v) is 7.09. The fourth-order valence-corrected chi connectivity index (χ4v) is 2.85. The van der Waals surface area contributed by atoms with Crippen molar-refractivity contribution in [3.8, 4) is 0 Å². The van der Waals surface area contributed by atoms with Gasteiger partial charge in [0, 0.05) is 24.8 Å². The Kier molecular flexibility index (Phi) is 4.58. The molecule has 0 spiro atoms. The summed E-state index contributed by atoms with van der Waals surface area (Å²) in [5.41, 5.74) is 2.28. The summed E-state index contributed by atoms with van der Waals surface area (Å²) >= 11 is 0. The lowest BCUT2D eigenvalue weighted by molar-refractivity contribution is 0.0946. The van der Waals surface area contributed by atoms with Crippen molar-refractivity contribution in [3.63, 3.8) is 0 Å². The molecule has 1 saturated carbocycles. The quantitative estimate of drug-likeness (QED) is 0.849. The van der Waals surface area contributed by atoms with Crippen molar-refractivity contribution < 1.29 is 4.79 Å². The summed E-state index contributed by atoms with van der Waals surface area (Å²) in [6.07, 6.45) is 5.28. The minimum atomic E-state index is -0.0245. The molecule has 0 atom stereocenters. The number of likely N-dealkylation sites (N-methyl/N-ethyl adjacent to an activating group) is 1. The molecule has 5 nitrogen and oxygen atoms in total. The summed E-state index contributed by atoms with van der Waals surface area (Å²) < 4.78 is 0. The van der Waals surface area contributed by atoms with Crippen LogP contribution in [-0.2, 0) is 0 Å². The third-order valence-corrected chi connectivity index (χ3v) is 4.05. The summed E-state index contributed by atoms with van der Waals surface area (Å²) in [6, 6.07) is 0.703. The molecule has 5 heteroatoms. The Morgan fingerprint density at radius 1 is 1.42 bits per heavy atom. The number of rotatable bonds is 5. The van der Waals surface area contributed by atoms with Crippen LogP contribution in [0.1, 0.15) is 47.4 Å². The second kappa shape index (κ2) is 6.19. The Bertz CT molecular complexity index is 415. The van der Waals surface area contributed by atoms with Gasteiger partial charge in [-0.15, -0.1) is 0 Å². The molecule has 106 valence electrons. The molecule has 1 heterocycles. The molecule has 1 amide bonds. The van der Waals surface area contributed by atoms with Crippen molar-refractivity contribution >= 4 is 5.91 Å². The van der Waals surface area contributed by atoms with Gasteiger partial charge in [0.25, 0.3) is 5.91 Å². The van der Waals surface area contributed by atoms with E-state index in [4.69, 9.17) is 0 Å². The maximum absolute atomic E-state index is 12.1. The van der Waals surface area contributed by atoms with Gasteiger partial charge < -0.3 is 10.2 Å². The van der Waals surface area contributed by atoms with Crippen molar-refractivity contribution in [3.05, 3.63) is 17.0 Å². The lowest BCUT2D eigenvalue weighted by atomic mass is 10.2. The first kappa shape index (κ1) is 14.1. The summed E-state index contributed by atoms with van der Waals surface area (Å²) in [4.78, 5) is 14.4. The molecule has 0 radical (unpaired) electrons. The van der Waals surface area contributed by atoms with Crippen molar-refractivity contribution in [1.29, 1.82) is 0 Å². The van der Waals surface area contributed by atoms with E-state index in [1.54, 1.807) is 0 Å². The third kappa shape index (κ3) is 3.35. The smallest absolute Gasteiger partial charge is 0.255 e. The van der Waals surface area contributed by atoms with E-state index >= 15 is 0 Å². The van der Waals surface area contributed by atoms with E-state index in [0.29, 0.717) is 18.2 Å². The molecule has 0 saturated heterocycles. The number of H-pyrrole nitrogens is 1. The van der Waals surface area contributed by atoms with E-state index in [1.165, 1.54) is 25.7 Å². The number of aromatic nitrogens is 2. The fraction of sp³-hybridized carbons (Fsp3) is 0.714. The van der Waals surface area contributed by atoms with Gasteiger partial charge in [-0.3, -0.25) is 9.89 Å². The number of hydrogen-bond acceptors (Lipinski definition) is 3. The number of aromatic amines is 1. The molecule has 19 heavy (non-hydrogen) atoms. The zero-order chi connectivity index (χ0) is 13.8. The van der Waals surface area contributed by atoms with Crippen LogP contribution >= 0.6 is 0 Å². The van der Waals surface area contributed by atoms with Crippen LogP contribution in [0.25, 0.3) is 0 Å². The highest BCUT2D eigenvalue weighted by molar-refractivity contribution is 5.96. The van der Waals surface area contributed by atoms with Crippen molar-refractivity contribution in [2.24, 2.45) is 0 Å². The Morgan fingerprint density at radius 3 is 2.68 bits per heavy atom. The molecule has 1 aliphatic rings.